The van der Waals surface area contributed by atoms with Gasteiger partial charge in [0, 0.05) is 12.6 Å². The smallest absolute Gasteiger partial charge is 0.243 e. The molecule has 1 aromatic carbocycles. The Bertz CT molecular complexity index is 352. The number of benzene rings is 1. The van der Waals surface area contributed by atoms with E-state index in [0.717, 1.165) is 24.9 Å². The molecule has 0 spiro atoms. The molecule has 0 aliphatic rings. The first-order valence-corrected chi connectivity index (χ1v) is 5.75. The minimum absolute atomic E-state index is 0.0194. The molecular formula is C14H19NO. The summed E-state index contributed by atoms with van der Waals surface area (Å²) in [5, 5.41) is 2.84. The highest BCUT2D eigenvalue weighted by molar-refractivity contribution is 5.91. The van der Waals surface area contributed by atoms with Crippen molar-refractivity contribution in [2.24, 2.45) is 0 Å². The number of carbonyl (C=O) groups is 1. The minimum atomic E-state index is -0.0194. The van der Waals surface area contributed by atoms with Crippen molar-refractivity contribution in [1.29, 1.82) is 0 Å². The average molecular weight is 217 g/mol. The van der Waals surface area contributed by atoms with Gasteiger partial charge in [-0.1, -0.05) is 43.2 Å². The van der Waals surface area contributed by atoms with Gasteiger partial charge in [0.05, 0.1) is 0 Å². The molecule has 86 valence electrons. The molecule has 0 saturated carbocycles. The molecular weight excluding hydrogens is 198 g/mol. The third-order valence-corrected chi connectivity index (χ3v) is 2.33. The van der Waals surface area contributed by atoms with E-state index in [4.69, 9.17) is 0 Å². The molecule has 1 rings (SSSR count). The van der Waals surface area contributed by atoms with Gasteiger partial charge in [-0.15, -0.1) is 0 Å². The Morgan fingerprint density at radius 1 is 1.31 bits per heavy atom. The molecule has 1 amide bonds. The van der Waals surface area contributed by atoms with Crippen LogP contribution < -0.4 is 5.32 Å². The Morgan fingerprint density at radius 3 is 2.62 bits per heavy atom. The molecule has 0 atom stereocenters. The zero-order valence-electron chi connectivity index (χ0n) is 9.99. The third-order valence-electron chi connectivity index (χ3n) is 2.33. The summed E-state index contributed by atoms with van der Waals surface area (Å²) in [6.45, 7) is 4.91. The van der Waals surface area contributed by atoms with Crippen molar-refractivity contribution in [3.05, 3.63) is 41.5 Å². The van der Waals surface area contributed by atoms with Crippen LogP contribution in [0.5, 0.6) is 0 Å². The van der Waals surface area contributed by atoms with Crippen LogP contribution in [0.2, 0.25) is 0 Å². The predicted octanol–water partition coefficient (Wildman–Crippen LogP) is 2.92. The number of nitrogens with one attached hydrogen (secondary N) is 1. The number of rotatable bonds is 5. The Kier molecular flexibility index (Phi) is 5.34. The molecule has 0 fully saturated rings. The third kappa shape index (κ3) is 4.78. The molecule has 1 N–H and O–H groups in total. The first kappa shape index (κ1) is 12.5. The highest BCUT2D eigenvalue weighted by Crippen LogP contribution is 2.04. The van der Waals surface area contributed by atoms with E-state index < -0.39 is 0 Å². The van der Waals surface area contributed by atoms with Gasteiger partial charge in [-0.05, 0) is 25.0 Å². The maximum absolute atomic E-state index is 11.4. The number of hydrogen-bond donors (Lipinski definition) is 1. The van der Waals surface area contributed by atoms with Gasteiger partial charge in [0.15, 0.2) is 0 Å². The average Bonchev–Trinajstić information content (AvgIpc) is 2.29. The lowest BCUT2D eigenvalue weighted by atomic mass is 10.1. The minimum Gasteiger partial charge on any atom is -0.353 e. The van der Waals surface area contributed by atoms with Crippen LogP contribution in [0.4, 0.5) is 0 Å². The van der Waals surface area contributed by atoms with Gasteiger partial charge in [0.1, 0.15) is 0 Å². The van der Waals surface area contributed by atoms with E-state index in [9.17, 15) is 4.79 Å². The van der Waals surface area contributed by atoms with E-state index in [-0.39, 0.29) is 5.91 Å². The molecule has 0 aliphatic heterocycles. The maximum Gasteiger partial charge on any atom is 0.243 e. The van der Waals surface area contributed by atoms with E-state index in [1.54, 1.807) is 6.08 Å². The van der Waals surface area contributed by atoms with Crippen LogP contribution in [0.1, 0.15) is 30.9 Å². The van der Waals surface area contributed by atoms with E-state index in [1.165, 1.54) is 5.56 Å². The van der Waals surface area contributed by atoms with Gasteiger partial charge >= 0.3 is 0 Å². The second kappa shape index (κ2) is 6.83. The van der Waals surface area contributed by atoms with E-state index in [2.05, 4.69) is 12.2 Å². The van der Waals surface area contributed by atoms with Crippen molar-refractivity contribution in [3.8, 4) is 0 Å². The molecule has 16 heavy (non-hydrogen) atoms. The van der Waals surface area contributed by atoms with Gasteiger partial charge in [0.25, 0.3) is 0 Å². The van der Waals surface area contributed by atoms with Crippen molar-refractivity contribution in [2.75, 3.05) is 6.54 Å². The Morgan fingerprint density at radius 2 is 2.00 bits per heavy atom. The van der Waals surface area contributed by atoms with Crippen molar-refractivity contribution < 1.29 is 4.79 Å². The molecule has 2 nitrogen and oxygen atoms in total. The number of carbonyl (C=O) groups excluding carboxylic acids is 1. The lowest BCUT2D eigenvalue weighted by Gasteiger charge is -1.99. The fourth-order valence-electron chi connectivity index (χ4n) is 1.30. The summed E-state index contributed by atoms with van der Waals surface area (Å²) in [6.07, 6.45) is 5.55. The molecule has 0 aliphatic carbocycles. The van der Waals surface area contributed by atoms with Gasteiger partial charge in [-0.2, -0.15) is 0 Å². The van der Waals surface area contributed by atoms with Crippen molar-refractivity contribution in [1.82, 2.24) is 5.32 Å². The number of hydrogen-bond acceptors (Lipinski definition) is 1. The van der Waals surface area contributed by atoms with Gasteiger partial charge in [-0.3, -0.25) is 4.79 Å². The predicted molar refractivity (Wildman–Crippen MR) is 68.1 cm³/mol. The van der Waals surface area contributed by atoms with Crippen molar-refractivity contribution >= 4 is 12.0 Å². The fraction of sp³-hybridized carbons (Fsp3) is 0.357. The first-order valence-electron chi connectivity index (χ1n) is 5.75. The molecule has 0 heterocycles. The summed E-state index contributed by atoms with van der Waals surface area (Å²) >= 11 is 0. The summed E-state index contributed by atoms with van der Waals surface area (Å²) in [7, 11) is 0. The van der Waals surface area contributed by atoms with Crippen LogP contribution in [0.25, 0.3) is 6.08 Å². The van der Waals surface area contributed by atoms with Crippen LogP contribution in [0, 0.1) is 6.92 Å². The topological polar surface area (TPSA) is 29.1 Å². The van der Waals surface area contributed by atoms with Crippen LogP contribution in [0.3, 0.4) is 0 Å². The lowest BCUT2D eigenvalue weighted by Crippen LogP contribution is -2.21. The van der Waals surface area contributed by atoms with Crippen LogP contribution in [0.15, 0.2) is 30.3 Å². The Hall–Kier alpha value is -1.57. The molecule has 1 aromatic rings. The summed E-state index contributed by atoms with van der Waals surface area (Å²) in [5.74, 6) is -0.0194. The quantitative estimate of drug-likeness (QED) is 0.596. The first-order chi connectivity index (χ1) is 7.72. The summed E-state index contributed by atoms with van der Waals surface area (Å²) in [4.78, 5) is 11.4. The Labute approximate surface area is 97.4 Å². The fourth-order valence-corrected chi connectivity index (χ4v) is 1.30. The molecule has 0 unspecified atom stereocenters. The highest BCUT2D eigenvalue weighted by atomic mass is 16.1. The largest absolute Gasteiger partial charge is 0.353 e. The molecule has 2 heteroatoms. The van der Waals surface area contributed by atoms with Crippen LogP contribution in [-0.4, -0.2) is 12.5 Å². The second-order valence-electron chi connectivity index (χ2n) is 3.89. The van der Waals surface area contributed by atoms with Crippen molar-refractivity contribution in [3.63, 3.8) is 0 Å². The second-order valence-corrected chi connectivity index (χ2v) is 3.89. The zero-order chi connectivity index (χ0) is 11.8. The summed E-state index contributed by atoms with van der Waals surface area (Å²) < 4.78 is 0. The van der Waals surface area contributed by atoms with E-state index >= 15 is 0 Å². The molecule has 0 aromatic heterocycles. The lowest BCUT2D eigenvalue weighted by molar-refractivity contribution is -0.116. The maximum atomic E-state index is 11.4. The van der Waals surface area contributed by atoms with E-state index in [1.807, 2.05) is 37.3 Å². The van der Waals surface area contributed by atoms with Crippen molar-refractivity contribution in [2.45, 2.75) is 26.7 Å². The van der Waals surface area contributed by atoms with Crippen LogP contribution in [-0.2, 0) is 4.79 Å². The van der Waals surface area contributed by atoms with E-state index in [0.29, 0.717) is 0 Å². The van der Waals surface area contributed by atoms with Gasteiger partial charge in [0.2, 0.25) is 5.91 Å². The standard InChI is InChI=1S/C14H19NO/c1-3-4-11-15-14(16)10-9-13-7-5-12(2)6-8-13/h5-10H,3-4,11H2,1-2H3,(H,15,16). The summed E-state index contributed by atoms with van der Waals surface area (Å²) in [6, 6.07) is 8.08. The molecule has 0 saturated heterocycles. The number of aryl methyl sites for hydroxylation is 1. The van der Waals surface area contributed by atoms with Crippen LogP contribution >= 0.6 is 0 Å². The summed E-state index contributed by atoms with van der Waals surface area (Å²) in [5.41, 5.74) is 2.28. The molecule has 0 radical (unpaired) electrons. The monoisotopic (exact) mass is 217 g/mol. The zero-order valence-corrected chi connectivity index (χ0v) is 9.99. The van der Waals surface area contributed by atoms with Gasteiger partial charge in [-0.25, -0.2) is 0 Å². The van der Waals surface area contributed by atoms with Gasteiger partial charge < -0.3 is 5.32 Å². The highest BCUT2D eigenvalue weighted by Gasteiger charge is 1.93. The SMILES string of the molecule is CCCCNC(=O)C=Cc1ccc(C)cc1. The molecule has 0 bridgehead atoms. The number of unbranched alkanes of at least 4 members (excludes halogenated alkanes) is 1. The Balaban J connectivity index is 2.41. The number of amides is 1. The normalized spacial score (nSPS) is 10.6.